The maximum atomic E-state index is 9.85. The van der Waals surface area contributed by atoms with Crippen LogP contribution in [0.25, 0.3) is 0 Å². The first-order valence-electron chi connectivity index (χ1n) is 7.97. The Labute approximate surface area is 122 Å². The minimum Gasteiger partial charge on any atom is -0.389 e. The summed E-state index contributed by atoms with van der Waals surface area (Å²) >= 11 is 0. The van der Waals surface area contributed by atoms with Gasteiger partial charge in [0, 0.05) is 31.8 Å². The summed E-state index contributed by atoms with van der Waals surface area (Å²) in [5.41, 5.74) is 0. The van der Waals surface area contributed by atoms with Gasteiger partial charge in [0.15, 0.2) is 0 Å². The van der Waals surface area contributed by atoms with Crippen molar-refractivity contribution in [3.05, 3.63) is 0 Å². The van der Waals surface area contributed by atoms with Gasteiger partial charge in [-0.15, -0.1) is 0 Å². The molecule has 0 spiro atoms. The number of hydrogen-bond acceptors (Lipinski definition) is 5. The van der Waals surface area contributed by atoms with Crippen LogP contribution in [-0.2, 0) is 9.47 Å². The highest BCUT2D eigenvalue weighted by atomic mass is 16.5. The molecule has 1 saturated heterocycles. The van der Waals surface area contributed by atoms with E-state index in [9.17, 15) is 5.11 Å². The average molecular weight is 286 g/mol. The van der Waals surface area contributed by atoms with Crippen molar-refractivity contribution in [3.8, 4) is 0 Å². The highest BCUT2D eigenvalue weighted by molar-refractivity contribution is 4.85. The molecule has 2 rings (SSSR count). The van der Waals surface area contributed by atoms with E-state index in [-0.39, 0.29) is 6.10 Å². The zero-order chi connectivity index (χ0) is 14.4. The Kier molecular flexibility index (Phi) is 6.71. The fraction of sp³-hybridized carbons (Fsp3) is 1.00. The van der Waals surface area contributed by atoms with E-state index in [1.165, 1.54) is 12.8 Å². The Balaban J connectivity index is 1.45. The molecular formula is C15H30N2O3. The Morgan fingerprint density at radius 1 is 1.35 bits per heavy atom. The van der Waals surface area contributed by atoms with Crippen LogP contribution in [-0.4, -0.2) is 74.3 Å². The molecule has 2 N–H and O–H groups in total. The average Bonchev–Trinajstić information content (AvgIpc) is 3.15. The second-order valence-corrected chi connectivity index (χ2v) is 6.23. The summed E-state index contributed by atoms with van der Waals surface area (Å²) in [6.45, 7) is 5.58. The molecule has 20 heavy (non-hydrogen) atoms. The van der Waals surface area contributed by atoms with Gasteiger partial charge in [0.2, 0.25) is 0 Å². The van der Waals surface area contributed by atoms with Gasteiger partial charge in [-0.3, -0.25) is 4.90 Å². The van der Waals surface area contributed by atoms with Gasteiger partial charge >= 0.3 is 0 Å². The lowest BCUT2D eigenvalue weighted by Gasteiger charge is -2.25. The van der Waals surface area contributed by atoms with Crippen molar-refractivity contribution in [1.82, 2.24) is 10.2 Å². The van der Waals surface area contributed by atoms with Crippen LogP contribution in [0.3, 0.4) is 0 Å². The first-order chi connectivity index (χ1) is 9.66. The van der Waals surface area contributed by atoms with Crippen molar-refractivity contribution < 1.29 is 14.6 Å². The minimum absolute atomic E-state index is 0.238. The highest BCUT2D eigenvalue weighted by Gasteiger charge is 2.28. The SMILES string of the molecule is CC(CNCC(O)COCC1CCCO1)N(C)C1CC1. The van der Waals surface area contributed by atoms with Crippen LogP contribution in [0.5, 0.6) is 0 Å². The molecule has 5 nitrogen and oxygen atoms in total. The van der Waals surface area contributed by atoms with E-state index in [0.717, 1.165) is 32.0 Å². The smallest absolute Gasteiger partial charge is 0.0897 e. The van der Waals surface area contributed by atoms with Crippen LogP contribution >= 0.6 is 0 Å². The fourth-order valence-corrected chi connectivity index (χ4v) is 2.61. The lowest BCUT2D eigenvalue weighted by atomic mass is 10.2. The van der Waals surface area contributed by atoms with Crippen molar-refractivity contribution in [2.24, 2.45) is 0 Å². The number of nitrogens with one attached hydrogen (secondary N) is 1. The Bertz CT molecular complexity index is 268. The molecular weight excluding hydrogens is 256 g/mol. The van der Waals surface area contributed by atoms with Crippen LogP contribution in [0.2, 0.25) is 0 Å². The summed E-state index contributed by atoms with van der Waals surface area (Å²) in [5.74, 6) is 0. The predicted molar refractivity (Wildman–Crippen MR) is 78.9 cm³/mol. The third-order valence-electron chi connectivity index (χ3n) is 4.28. The molecule has 0 aromatic carbocycles. The molecule has 0 bridgehead atoms. The van der Waals surface area contributed by atoms with Gasteiger partial charge in [-0.25, -0.2) is 0 Å². The topological polar surface area (TPSA) is 54.0 Å². The van der Waals surface area contributed by atoms with Gasteiger partial charge in [0.1, 0.15) is 0 Å². The molecule has 3 atom stereocenters. The molecule has 0 radical (unpaired) electrons. The first-order valence-corrected chi connectivity index (χ1v) is 7.97. The Morgan fingerprint density at radius 2 is 2.15 bits per heavy atom. The summed E-state index contributed by atoms with van der Waals surface area (Å²) in [5, 5.41) is 13.2. The zero-order valence-corrected chi connectivity index (χ0v) is 12.9. The maximum absolute atomic E-state index is 9.85. The Hall–Kier alpha value is -0.200. The van der Waals surface area contributed by atoms with Gasteiger partial charge in [-0.05, 0) is 39.7 Å². The van der Waals surface area contributed by atoms with Crippen LogP contribution < -0.4 is 5.32 Å². The van der Waals surface area contributed by atoms with Crippen molar-refractivity contribution in [2.75, 3.05) is 40.0 Å². The number of ether oxygens (including phenoxy) is 2. The first kappa shape index (κ1) is 16.2. The molecule has 3 unspecified atom stereocenters. The molecule has 1 aliphatic heterocycles. The molecule has 0 aromatic heterocycles. The van der Waals surface area contributed by atoms with Gasteiger partial charge in [0.05, 0.1) is 25.4 Å². The quantitative estimate of drug-likeness (QED) is 0.616. The summed E-state index contributed by atoms with van der Waals surface area (Å²) in [6.07, 6.45) is 4.68. The predicted octanol–water partition coefficient (Wildman–Crippen LogP) is 0.615. The van der Waals surface area contributed by atoms with Crippen LogP contribution in [0.1, 0.15) is 32.6 Å². The molecule has 2 aliphatic rings. The van der Waals surface area contributed by atoms with Crippen LogP contribution in [0.15, 0.2) is 0 Å². The number of hydrogen-bond donors (Lipinski definition) is 2. The third kappa shape index (κ3) is 5.66. The maximum Gasteiger partial charge on any atom is 0.0897 e. The van der Waals surface area contributed by atoms with Crippen molar-refractivity contribution >= 4 is 0 Å². The summed E-state index contributed by atoms with van der Waals surface area (Å²) in [6, 6.07) is 1.30. The summed E-state index contributed by atoms with van der Waals surface area (Å²) in [7, 11) is 2.19. The molecule has 1 heterocycles. The van der Waals surface area contributed by atoms with E-state index in [4.69, 9.17) is 9.47 Å². The number of aliphatic hydroxyl groups excluding tert-OH is 1. The molecule has 0 aromatic rings. The lowest BCUT2D eigenvalue weighted by Crippen LogP contribution is -2.42. The summed E-state index contributed by atoms with van der Waals surface area (Å²) in [4.78, 5) is 2.42. The second kappa shape index (κ2) is 8.29. The van der Waals surface area contributed by atoms with Gasteiger partial charge in [-0.2, -0.15) is 0 Å². The van der Waals surface area contributed by atoms with Crippen LogP contribution in [0.4, 0.5) is 0 Å². The number of likely N-dealkylation sites (N-methyl/N-ethyl adjacent to an activating group) is 1. The zero-order valence-electron chi connectivity index (χ0n) is 12.9. The highest BCUT2D eigenvalue weighted by Crippen LogP contribution is 2.26. The van der Waals surface area contributed by atoms with Crippen molar-refractivity contribution in [3.63, 3.8) is 0 Å². The van der Waals surface area contributed by atoms with Crippen molar-refractivity contribution in [2.45, 2.75) is 56.9 Å². The standard InChI is InChI=1S/C15H30N2O3/c1-12(17(2)13-5-6-13)8-16-9-14(18)10-19-11-15-4-3-7-20-15/h12-16,18H,3-11H2,1-2H3. The number of rotatable bonds is 10. The lowest BCUT2D eigenvalue weighted by molar-refractivity contribution is -0.0166. The van der Waals surface area contributed by atoms with E-state index in [1.54, 1.807) is 0 Å². The normalized spacial score (nSPS) is 26.1. The van der Waals surface area contributed by atoms with Gasteiger partial charge in [0.25, 0.3) is 0 Å². The molecule has 1 aliphatic carbocycles. The van der Waals surface area contributed by atoms with Crippen molar-refractivity contribution in [1.29, 1.82) is 0 Å². The molecule has 2 fully saturated rings. The van der Waals surface area contributed by atoms with Gasteiger partial charge < -0.3 is 19.9 Å². The van der Waals surface area contributed by atoms with Gasteiger partial charge in [-0.1, -0.05) is 0 Å². The minimum atomic E-state index is -0.435. The number of aliphatic hydroxyl groups is 1. The number of nitrogens with zero attached hydrogens (tertiary/aromatic N) is 1. The van der Waals surface area contributed by atoms with E-state index in [1.807, 2.05) is 0 Å². The molecule has 0 amide bonds. The van der Waals surface area contributed by atoms with Crippen LogP contribution in [0, 0.1) is 0 Å². The van der Waals surface area contributed by atoms with E-state index >= 15 is 0 Å². The molecule has 118 valence electrons. The van der Waals surface area contributed by atoms with E-state index in [2.05, 4.69) is 24.2 Å². The van der Waals surface area contributed by atoms with E-state index < -0.39 is 6.10 Å². The summed E-state index contributed by atoms with van der Waals surface area (Å²) < 4.78 is 11.0. The Morgan fingerprint density at radius 3 is 2.80 bits per heavy atom. The molecule has 1 saturated carbocycles. The largest absolute Gasteiger partial charge is 0.389 e. The second-order valence-electron chi connectivity index (χ2n) is 6.23. The fourth-order valence-electron chi connectivity index (χ4n) is 2.61. The third-order valence-corrected chi connectivity index (χ3v) is 4.28. The van der Waals surface area contributed by atoms with E-state index in [0.29, 0.717) is 25.8 Å². The monoisotopic (exact) mass is 286 g/mol. The molecule has 5 heteroatoms.